The predicted molar refractivity (Wildman–Crippen MR) is 123 cm³/mol. The molecule has 30 heavy (non-hydrogen) atoms. The van der Waals surface area contributed by atoms with E-state index in [-0.39, 0.29) is 30.2 Å². The van der Waals surface area contributed by atoms with Gasteiger partial charge in [0.25, 0.3) is 5.56 Å². The maximum absolute atomic E-state index is 13.5. The Morgan fingerprint density at radius 1 is 0.933 bits per heavy atom. The van der Waals surface area contributed by atoms with E-state index in [4.69, 9.17) is 0 Å². The molecule has 5 nitrogen and oxygen atoms in total. The van der Waals surface area contributed by atoms with Crippen molar-refractivity contribution < 1.29 is 4.79 Å². The maximum atomic E-state index is 13.5. The summed E-state index contributed by atoms with van der Waals surface area (Å²) in [4.78, 5) is 32.9. The van der Waals surface area contributed by atoms with Crippen LogP contribution in [0.25, 0.3) is 10.9 Å². The molecule has 0 aliphatic carbocycles. The van der Waals surface area contributed by atoms with E-state index in [9.17, 15) is 9.59 Å². The van der Waals surface area contributed by atoms with Crippen molar-refractivity contribution in [3.8, 4) is 0 Å². The molecule has 0 aliphatic heterocycles. The molecule has 3 rings (SSSR count). The van der Waals surface area contributed by atoms with E-state index in [0.717, 1.165) is 22.0 Å². The van der Waals surface area contributed by atoms with Crippen LogP contribution in [0.3, 0.4) is 0 Å². The summed E-state index contributed by atoms with van der Waals surface area (Å²) in [5.41, 5.74) is 3.40. The van der Waals surface area contributed by atoms with E-state index >= 15 is 0 Å². The van der Waals surface area contributed by atoms with Crippen LogP contribution in [0.15, 0.2) is 59.4 Å². The summed E-state index contributed by atoms with van der Waals surface area (Å²) in [5.74, 6) is 0. The molecule has 0 saturated heterocycles. The van der Waals surface area contributed by atoms with Gasteiger partial charge >= 0.3 is 6.03 Å². The molecule has 1 heterocycles. The van der Waals surface area contributed by atoms with Crippen molar-refractivity contribution in [2.45, 2.75) is 59.8 Å². The van der Waals surface area contributed by atoms with Gasteiger partial charge in [-0.1, -0.05) is 42.0 Å². The lowest BCUT2D eigenvalue weighted by Crippen LogP contribution is -2.49. The van der Waals surface area contributed by atoms with E-state index in [0.29, 0.717) is 12.1 Å². The first kappa shape index (κ1) is 21.6. The van der Waals surface area contributed by atoms with Gasteiger partial charge in [0.2, 0.25) is 0 Å². The largest absolute Gasteiger partial charge is 0.322 e. The average Bonchev–Trinajstić information content (AvgIpc) is 2.68. The number of carbonyl (C=O) groups is 1. The van der Waals surface area contributed by atoms with Crippen LogP contribution < -0.4 is 5.56 Å². The van der Waals surface area contributed by atoms with Crippen LogP contribution >= 0.6 is 0 Å². The molecule has 3 aromatic rings. The zero-order valence-corrected chi connectivity index (χ0v) is 18.5. The number of aromatic nitrogens is 1. The molecule has 2 amide bonds. The van der Waals surface area contributed by atoms with Crippen molar-refractivity contribution in [3.05, 3.63) is 81.6 Å². The van der Waals surface area contributed by atoms with Crippen LogP contribution in [-0.2, 0) is 13.1 Å². The van der Waals surface area contributed by atoms with Crippen molar-refractivity contribution in [1.29, 1.82) is 0 Å². The number of aryl methyl sites for hydroxylation is 1. The molecule has 0 bridgehead atoms. The molecule has 0 atom stereocenters. The Labute approximate surface area is 178 Å². The number of H-pyrrole nitrogens is 1. The van der Waals surface area contributed by atoms with Crippen molar-refractivity contribution >= 4 is 16.9 Å². The molecule has 0 radical (unpaired) electrons. The Kier molecular flexibility index (Phi) is 6.60. The van der Waals surface area contributed by atoms with Crippen molar-refractivity contribution in [1.82, 2.24) is 14.8 Å². The van der Waals surface area contributed by atoms with Gasteiger partial charge in [-0.25, -0.2) is 4.79 Å². The Morgan fingerprint density at radius 3 is 2.23 bits per heavy atom. The van der Waals surface area contributed by atoms with Gasteiger partial charge in [-0.3, -0.25) is 4.79 Å². The third-order valence-electron chi connectivity index (χ3n) is 5.26. The number of pyridine rings is 1. The minimum atomic E-state index is -0.155. The zero-order valence-electron chi connectivity index (χ0n) is 18.5. The second kappa shape index (κ2) is 9.16. The van der Waals surface area contributed by atoms with Gasteiger partial charge in [0.15, 0.2) is 0 Å². The molecule has 2 aromatic carbocycles. The Hall–Kier alpha value is -3.08. The Balaban J connectivity index is 1.99. The molecule has 1 N–H and O–H groups in total. The number of hydrogen-bond acceptors (Lipinski definition) is 2. The molecule has 0 fully saturated rings. The number of aromatic amines is 1. The fourth-order valence-electron chi connectivity index (χ4n) is 3.89. The summed E-state index contributed by atoms with van der Waals surface area (Å²) in [7, 11) is 0. The Bertz CT molecular complexity index is 1060. The van der Waals surface area contributed by atoms with Gasteiger partial charge in [-0.15, -0.1) is 0 Å². The van der Waals surface area contributed by atoms with Crippen LogP contribution in [0.4, 0.5) is 4.79 Å². The van der Waals surface area contributed by atoms with Crippen LogP contribution in [0.5, 0.6) is 0 Å². The van der Waals surface area contributed by atoms with Crippen LogP contribution in [0.1, 0.15) is 44.4 Å². The molecule has 0 saturated carbocycles. The summed E-state index contributed by atoms with van der Waals surface area (Å²) in [6, 6.07) is 17.8. The van der Waals surface area contributed by atoms with Crippen molar-refractivity contribution in [2.24, 2.45) is 0 Å². The summed E-state index contributed by atoms with van der Waals surface area (Å²) in [6.45, 7) is 10.8. The number of benzene rings is 2. The molecule has 0 aliphatic rings. The smallest absolute Gasteiger partial charge is 0.321 e. The first-order valence-corrected chi connectivity index (χ1v) is 10.5. The van der Waals surface area contributed by atoms with E-state index in [2.05, 4.69) is 4.98 Å². The van der Waals surface area contributed by atoms with Gasteiger partial charge in [-0.2, -0.15) is 0 Å². The Morgan fingerprint density at radius 2 is 1.60 bits per heavy atom. The molecule has 0 unspecified atom stereocenters. The van der Waals surface area contributed by atoms with Crippen LogP contribution in [-0.4, -0.2) is 32.9 Å². The highest BCUT2D eigenvalue weighted by Gasteiger charge is 2.26. The number of rotatable bonds is 6. The summed E-state index contributed by atoms with van der Waals surface area (Å²) < 4.78 is 0. The lowest BCUT2D eigenvalue weighted by Gasteiger charge is -2.36. The second-order valence-corrected chi connectivity index (χ2v) is 8.43. The second-order valence-electron chi connectivity index (χ2n) is 8.43. The fourth-order valence-corrected chi connectivity index (χ4v) is 3.89. The van der Waals surface area contributed by atoms with Gasteiger partial charge < -0.3 is 14.8 Å². The molecule has 158 valence electrons. The van der Waals surface area contributed by atoms with Gasteiger partial charge in [-0.05, 0) is 63.8 Å². The van der Waals surface area contributed by atoms with Gasteiger partial charge in [0.05, 0.1) is 6.54 Å². The quantitative estimate of drug-likeness (QED) is 0.622. The summed E-state index contributed by atoms with van der Waals surface area (Å²) >= 11 is 0. The molecule has 1 aromatic heterocycles. The first-order valence-electron chi connectivity index (χ1n) is 10.5. The van der Waals surface area contributed by atoms with Gasteiger partial charge in [0, 0.05) is 29.7 Å². The number of hydrogen-bond donors (Lipinski definition) is 1. The highest BCUT2D eigenvalue weighted by molar-refractivity contribution is 5.80. The summed E-state index contributed by atoms with van der Waals surface area (Å²) in [5, 5.41) is 0.973. The van der Waals surface area contributed by atoms with Crippen LogP contribution in [0.2, 0.25) is 0 Å². The number of fused-ring (bicyclic) bond motifs is 1. The third kappa shape index (κ3) is 4.90. The van der Waals surface area contributed by atoms with Gasteiger partial charge in [0.1, 0.15) is 0 Å². The topological polar surface area (TPSA) is 56.4 Å². The minimum Gasteiger partial charge on any atom is -0.322 e. The average molecular weight is 406 g/mol. The van der Waals surface area contributed by atoms with E-state index in [1.54, 1.807) is 4.90 Å². The minimum absolute atomic E-state index is 0.0624. The van der Waals surface area contributed by atoms with Crippen molar-refractivity contribution in [3.63, 3.8) is 0 Å². The SMILES string of the molecule is Cc1ccc2[nH]c(=O)c(CN(Cc3ccccc3)C(=O)N(C(C)C)C(C)C)cc2c1. The highest BCUT2D eigenvalue weighted by atomic mass is 16.2. The van der Waals surface area contributed by atoms with Crippen molar-refractivity contribution in [2.75, 3.05) is 0 Å². The zero-order chi connectivity index (χ0) is 21.8. The number of urea groups is 1. The predicted octanol–water partition coefficient (Wildman–Crippen LogP) is 5.08. The summed E-state index contributed by atoms with van der Waals surface area (Å²) in [6.07, 6.45) is 0. The fraction of sp³-hybridized carbons (Fsp3) is 0.360. The van der Waals surface area contributed by atoms with E-state index in [1.807, 2.05) is 94.1 Å². The number of nitrogens with one attached hydrogen (secondary N) is 1. The van der Waals surface area contributed by atoms with E-state index < -0.39 is 0 Å². The maximum Gasteiger partial charge on any atom is 0.321 e. The lowest BCUT2D eigenvalue weighted by atomic mass is 10.1. The monoisotopic (exact) mass is 405 g/mol. The number of amides is 2. The molecular weight excluding hydrogens is 374 g/mol. The molecular formula is C25H31N3O2. The standard InChI is InChI=1S/C25H31N3O2/c1-17(2)28(18(3)4)25(30)27(15-20-9-7-6-8-10-20)16-22-14-21-13-19(5)11-12-23(21)26-24(22)29/h6-14,17-18H,15-16H2,1-5H3,(H,26,29). The first-order chi connectivity index (χ1) is 14.3. The highest BCUT2D eigenvalue weighted by Crippen LogP contribution is 2.18. The normalized spacial score (nSPS) is 11.3. The molecule has 5 heteroatoms. The number of nitrogens with zero attached hydrogens (tertiary/aromatic N) is 2. The van der Waals surface area contributed by atoms with E-state index in [1.165, 1.54) is 0 Å². The number of carbonyl (C=O) groups excluding carboxylic acids is 1. The molecule has 0 spiro atoms. The third-order valence-corrected chi connectivity index (χ3v) is 5.26. The lowest BCUT2D eigenvalue weighted by molar-refractivity contribution is 0.119. The van der Waals surface area contributed by atoms with Crippen LogP contribution in [0, 0.1) is 6.92 Å².